The van der Waals surface area contributed by atoms with Crippen LogP contribution >= 0.6 is 0 Å². The maximum Gasteiger partial charge on any atom is 0.344 e. The molecule has 1 saturated carbocycles. The summed E-state index contributed by atoms with van der Waals surface area (Å²) in [6.45, 7) is -0.0395. The van der Waals surface area contributed by atoms with Crippen molar-refractivity contribution in [2.75, 3.05) is 13.2 Å². The summed E-state index contributed by atoms with van der Waals surface area (Å²) in [5.74, 6) is 0.396. The first-order valence-corrected chi connectivity index (χ1v) is 9.53. The van der Waals surface area contributed by atoms with E-state index in [1.165, 1.54) is 0 Å². The Balaban J connectivity index is 1.33. The Morgan fingerprint density at radius 2 is 1.50 bits per heavy atom. The van der Waals surface area contributed by atoms with Gasteiger partial charge >= 0.3 is 5.97 Å². The topological polar surface area (TPSA) is 73.9 Å². The van der Waals surface area contributed by atoms with E-state index >= 15 is 0 Å². The van der Waals surface area contributed by atoms with Crippen LogP contribution < -0.4 is 14.8 Å². The molecule has 0 spiro atoms. The van der Waals surface area contributed by atoms with Crippen LogP contribution in [0.25, 0.3) is 0 Å². The SMILES string of the molecule is O=C(COC(=O)COc1ccc(OCc2ccccc2)cc1)NC1CCCC1. The van der Waals surface area contributed by atoms with Crippen LogP contribution in [-0.4, -0.2) is 31.1 Å². The molecule has 6 heteroatoms. The minimum Gasteiger partial charge on any atom is -0.489 e. The number of benzene rings is 2. The van der Waals surface area contributed by atoms with E-state index in [0.29, 0.717) is 18.1 Å². The van der Waals surface area contributed by atoms with Crippen LogP contribution in [-0.2, 0) is 20.9 Å². The molecule has 1 aliphatic rings. The van der Waals surface area contributed by atoms with E-state index in [9.17, 15) is 9.59 Å². The van der Waals surface area contributed by atoms with Crippen LogP contribution in [0.3, 0.4) is 0 Å². The molecule has 0 unspecified atom stereocenters. The molecular weight excluding hydrogens is 358 g/mol. The second kappa shape index (κ2) is 10.3. The zero-order valence-electron chi connectivity index (χ0n) is 15.8. The van der Waals surface area contributed by atoms with Gasteiger partial charge in [-0.2, -0.15) is 0 Å². The van der Waals surface area contributed by atoms with Crippen molar-refractivity contribution < 1.29 is 23.8 Å². The lowest BCUT2D eigenvalue weighted by atomic mass is 10.2. The number of amides is 1. The largest absolute Gasteiger partial charge is 0.489 e. The van der Waals surface area contributed by atoms with Gasteiger partial charge < -0.3 is 19.5 Å². The lowest BCUT2D eigenvalue weighted by Gasteiger charge is -2.12. The maximum atomic E-state index is 11.7. The standard InChI is InChI=1S/C22H25NO5/c24-21(23-18-8-4-5-9-18)15-28-22(25)16-27-20-12-10-19(11-13-20)26-14-17-6-2-1-3-7-17/h1-3,6-7,10-13,18H,4-5,8-9,14-16H2,(H,23,24). The summed E-state index contributed by atoms with van der Waals surface area (Å²) in [6.07, 6.45) is 4.25. The van der Waals surface area contributed by atoms with Crippen LogP contribution in [0.2, 0.25) is 0 Å². The summed E-state index contributed by atoms with van der Waals surface area (Å²) >= 11 is 0. The summed E-state index contributed by atoms with van der Waals surface area (Å²) in [6, 6.07) is 17.1. The molecule has 0 bridgehead atoms. The molecule has 2 aromatic carbocycles. The van der Waals surface area contributed by atoms with E-state index in [4.69, 9.17) is 14.2 Å². The van der Waals surface area contributed by atoms with Crippen LogP contribution in [0.4, 0.5) is 0 Å². The molecule has 2 aromatic rings. The summed E-state index contributed by atoms with van der Waals surface area (Å²) in [5, 5.41) is 2.87. The summed E-state index contributed by atoms with van der Waals surface area (Å²) < 4.78 is 16.0. The summed E-state index contributed by atoms with van der Waals surface area (Å²) in [7, 11) is 0. The Hall–Kier alpha value is -3.02. The molecule has 0 aliphatic heterocycles. The van der Waals surface area contributed by atoms with Gasteiger partial charge in [0.05, 0.1) is 0 Å². The quantitative estimate of drug-likeness (QED) is 0.673. The van der Waals surface area contributed by atoms with E-state index in [-0.39, 0.29) is 25.2 Å². The number of nitrogens with one attached hydrogen (secondary N) is 1. The van der Waals surface area contributed by atoms with Crippen molar-refractivity contribution in [2.24, 2.45) is 0 Å². The van der Waals surface area contributed by atoms with E-state index in [1.54, 1.807) is 24.3 Å². The van der Waals surface area contributed by atoms with E-state index in [1.807, 2.05) is 30.3 Å². The predicted octanol–water partition coefficient (Wildman–Crippen LogP) is 3.25. The molecule has 0 atom stereocenters. The lowest BCUT2D eigenvalue weighted by molar-refractivity contribution is -0.150. The number of ether oxygens (including phenoxy) is 3. The molecule has 6 nitrogen and oxygen atoms in total. The van der Waals surface area contributed by atoms with Crippen molar-refractivity contribution in [1.82, 2.24) is 5.32 Å². The first-order chi connectivity index (χ1) is 13.7. The van der Waals surface area contributed by atoms with Crippen molar-refractivity contribution in [1.29, 1.82) is 0 Å². The third-order valence-corrected chi connectivity index (χ3v) is 4.51. The average molecular weight is 383 g/mol. The number of carbonyl (C=O) groups is 2. The van der Waals surface area contributed by atoms with Gasteiger partial charge in [0.25, 0.3) is 5.91 Å². The van der Waals surface area contributed by atoms with Gasteiger partial charge in [0, 0.05) is 6.04 Å². The Morgan fingerprint density at radius 3 is 2.18 bits per heavy atom. The first-order valence-electron chi connectivity index (χ1n) is 9.53. The minimum atomic E-state index is -0.578. The number of hydrogen-bond acceptors (Lipinski definition) is 5. The molecule has 0 heterocycles. The van der Waals surface area contributed by atoms with Crippen LogP contribution in [0.15, 0.2) is 54.6 Å². The second-order valence-corrected chi connectivity index (χ2v) is 6.74. The van der Waals surface area contributed by atoms with Gasteiger partial charge in [-0.1, -0.05) is 43.2 Å². The van der Waals surface area contributed by atoms with Crippen LogP contribution in [0.1, 0.15) is 31.2 Å². The number of hydrogen-bond donors (Lipinski definition) is 1. The Kier molecular flexibility index (Phi) is 7.29. The molecule has 0 radical (unpaired) electrons. The highest BCUT2D eigenvalue weighted by molar-refractivity contribution is 5.81. The number of carbonyl (C=O) groups excluding carboxylic acids is 2. The van der Waals surface area contributed by atoms with E-state index < -0.39 is 5.97 Å². The normalized spacial score (nSPS) is 13.7. The van der Waals surface area contributed by atoms with E-state index in [0.717, 1.165) is 31.2 Å². The van der Waals surface area contributed by atoms with Crippen molar-refractivity contribution in [3.05, 3.63) is 60.2 Å². The third-order valence-electron chi connectivity index (χ3n) is 4.51. The fraction of sp³-hybridized carbons (Fsp3) is 0.364. The molecule has 1 amide bonds. The molecular formula is C22H25NO5. The van der Waals surface area contributed by atoms with E-state index in [2.05, 4.69) is 5.32 Å². The fourth-order valence-corrected chi connectivity index (χ4v) is 3.04. The van der Waals surface area contributed by atoms with Gasteiger partial charge in [-0.3, -0.25) is 4.79 Å². The van der Waals surface area contributed by atoms with Crippen molar-refractivity contribution in [3.8, 4) is 11.5 Å². The van der Waals surface area contributed by atoms with Gasteiger partial charge in [-0.05, 0) is 42.7 Å². The van der Waals surface area contributed by atoms with Gasteiger partial charge in [0.2, 0.25) is 0 Å². The maximum absolute atomic E-state index is 11.7. The summed E-state index contributed by atoms with van der Waals surface area (Å²) in [4.78, 5) is 23.5. The van der Waals surface area contributed by atoms with Gasteiger partial charge in [0.15, 0.2) is 13.2 Å². The highest BCUT2D eigenvalue weighted by Gasteiger charge is 2.17. The highest BCUT2D eigenvalue weighted by Crippen LogP contribution is 2.19. The molecule has 0 aromatic heterocycles. The van der Waals surface area contributed by atoms with Gasteiger partial charge in [-0.25, -0.2) is 4.79 Å². The molecule has 148 valence electrons. The average Bonchev–Trinajstić information content (AvgIpc) is 3.23. The fourth-order valence-electron chi connectivity index (χ4n) is 3.04. The minimum absolute atomic E-state index is 0.213. The Morgan fingerprint density at radius 1 is 0.857 bits per heavy atom. The van der Waals surface area contributed by atoms with Crippen LogP contribution in [0, 0.1) is 0 Å². The summed E-state index contributed by atoms with van der Waals surface area (Å²) in [5.41, 5.74) is 1.09. The third kappa shape index (κ3) is 6.61. The first kappa shape index (κ1) is 19.7. The van der Waals surface area contributed by atoms with Crippen molar-refractivity contribution in [2.45, 2.75) is 38.3 Å². The molecule has 28 heavy (non-hydrogen) atoms. The Bertz CT molecular complexity index is 754. The second-order valence-electron chi connectivity index (χ2n) is 6.74. The zero-order valence-corrected chi connectivity index (χ0v) is 15.8. The number of esters is 1. The zero-order chi connectivity index (χ0) is 19.6. The lowest BCUT2D eigenvalue weighted by Crippen LogP contribution is -2.36. The van der Waals surface area contributed by atoms with Crippen molar-refractivity contribution in [3.63, 3.8) is 0 Å². The van der Waals surface area contributed by atoms with Crippen molar-refractivity contribution >= 4 is 11.9 Å². The monoisotopic (exact) mass is 383 g/mol. The number of rotatable bonds is 9. The molecule has 3 rings (SSSR count). The highest BCUT2D eigenvalue weighted by atomic mass is 16.6. The van der Waals surface area contributed by atoms with Gasteiger partial charge in [-0.15, -0.1) is 0 Å². The molecule has 1 fully saturated rings. The smallest absolute Gasteiger partial charge is 0.344 e. The molecule has 1 aliphatic carbocycles. The predicted molar refractivity (Wildman–Crippen MR) is 104 cm³/mol. The van der Waals surface area contributed by atoms with Crippen LogP contribution in [0.5, 0.6) is 11.5 Å². The Labute approximate surface area is 164 Å². The molecule has 0 saturated heterocycles. The molecule has 1 N–H and O–H groups in total. The van der Waals surface area contributed by atoms with Gasteiger partial charge in [0.1, 0.15) is 18.1 Å².